The van der Waals surface area contributed by atoms with Gasteiger partial charge in [-0.2, -0.15) is 0 Å². The van der Waals surface area contributed by atoms with E-state index in [4.69, 9.17) is 4.74 Å². The number of pyridine rings is 1. The Labute approximate surface area is 102 Å². The number of ketones is 1. The summed E-state index contributed by atoms with van der Waals surface area (Å²) in [5.41, 5.74) is 0.711. The van der Waals surface area contributed by atoms with Crippen LogP contribution in [-0.4, -0.2) is 37.1 Å². The molecular weight excluding hydrogens is 216 g/mol. The lowest BCUT2D eigenvalue weighted by Crippen LogP contribution is -2.37. The molecule has 4 heteroatoms. The first-order chi connectivity index (χ1) is 8.22. The summed E-state index contributed by atoms with van der Waals surface area (Å²) in [5.74, 6) is 0.886. The van der Waals surface area contributed by atoms with Crippen molar-refractivity contribution in [3.05, 3.63) is 23.9 Å². The van der Waals surface area contributed by atoms with Crippen molar-refractivity contribution in [3.8, 4) is 0 Å². The molecule has 0 amide bonds. The smallest absolute Gasteiger partial charge is 0.163 e. The van der Waals surface area contributed by atoms with E-state index >= 15 is 0 Å². The van der Waals surface area contributed by atoms with E-state index in [2.05, 4.69) is 9.88 Å². The molecule has 1 aromatic rings. The lowest BCUT2D eigenvalue weighted by Gasteiger charge is -2.32. The number of Topliss-reactive ketones (excluding diaryl/α,β-unsaturated/α-hetero) is 1. The van der Waals surface area contributed by atoms with Crippen molar-refractivity contribution in [2.24, 2.45) is 0 Å². The summed E-state index contributed by atoms with van der Waals surface area (Å²) >= 11 is 0. The number of anilines is 1. The molecule has 0 aliphatic carbocycles. The number of hydrogen-bond donors (Lipinski definition) is 0. The Hall–Kier alpha value is -1.42. The van der Waals surface area contributed by atoms with E-state index in [9.17, 15) is 4.79 Å². The van der Waals surface area contributed by atoms with Crippen molar-refractivity contribution in [2.45, 2.75) is 25.9 Å². The molecule has 0 aromatic carbocycles. The van der Waals surface area contributed by atoms with Crippen LogP contribution in [0.3, 0.4) is 0 Å². The number of aromatic nitrogens is 1. The number of rotatable bonds is 3. The van der Waals surface area contributed by atoms with Crippen molar-refractivity contribution in [2.75, 3.05) is 25.1 Å². The van der Waals surface area contributed by atoms with Gasteiger partial charge in [-0.3, -0.25) is 4.79 Å². The van der Waals surface area contributed by atoms with Gasteiger partial charge in [-0.1, -0.05) is 0 Å². The van der Waals surface area contributed by atoms with Gasteiger partial charge in [0.2, 0.25) is 0 Å². The molecule has 0 atom stereocenters. The van der Waals surface area contributed by atoms with Crippen molar-refractivity contribution < 1.29 is 9.53 Å². The van der Waals surface area contributed by atoms with Crippen LogP contribution in [0.25, 0.3) is 0 Å². The summed E-state index contributed by atoms with van der Waals surface area (Å²) in [5, 5.41) is 0. The molecule has 2 heterocycles. The van der Waals surface area contributed by atoms with Crippen molar-refractivity contribution in [3.63, 3.8) is 0 Å². The Morgan fingerprint density at radius 3 is 2.76 bits per heavy atom. The van der Waals surface area contributed by atoms with E-state index in [0.717, 1.165) is 31.7 Å². The van der Waals surface area contributed by atoms with Gasteiger partial charge < -0.3 is 9.64 Å². The summed E-state index contributed by atoms with van der Waals surface area (Å²) in [6.07, 6.45) is 4.06. The van der Waals surface area contributed by atoms with Crippen LogP contribution in [0.5, 0.6) is 0 Å². The molecule has 0 N–H and O–H groups in total. The maximum atomic E-state index is 11.5. The minimum absolute atomic E-state index is 0.0713. The highest BCUT2D eigenvalue weighted by molar-refractivity contribution is 5.98. The first kappa shape index (κ1) is 12.0. The number of nitrogens with zero attached hydrogens (tertiary/aromatic N) is 2. The van der Waals surface area contributed by atoms with E-state index in [0.29, 0.717) is 11.7 Å². The molecule has 0 bridgehead atoms. The number of carbonyl (C=O) groups excluding carboxylic acids is 1. The van der Waals surface area contributed by atoms with Crippen LogP contribution in [0.15, 0.2) is 18.3 Å². The van der Waals surface area contributed by atoms with Gasteiger partial charge in [0.05, 0.1) is 11.7 Å². The molecule has 92 valence electrons. The zero-order valence-electron chi connectivity index (χ0n) is 10.3. The van der Waals surface area contributed by atoms with Crippen LogP contribution in [-0.2, 0) is 4.74 Å². The van der Waals surface area contributed by atoms with E-state index in [1.54, 1.807) is 20.2 Å². The fourth-order valence-electron chi connectivity index (χ4n) is 2.23. The molecule has 1 saturated heterocycles. The largest absolute Gasteiger partial charge is 0.381 e. The summed E-state index contributed by atoms with van der Waals surface area (Å²) in [6, 6.07) is 3.65. The molecule has 0 saturated carbocycles. The van der Waals surface area contributed by atoms with E-state index in [-0.39, 0.29) is 5.78 Å². The third kappa shape index (κ3) is 2.64. The summed E-state index contributed by atoms with van der Waals surface area (Å²) in [6.45, 7) is 3.38. The van der Waals surface area contributed by atoms with E-state index in [1.807, 2.05) is 12.1 Å². The van der Waals surface area contributed by atoms with Gasteiger partial charge in [-0.25, -0.2) is 4.98 Å². The Morgan fingerprint density at radius 2 is 2.18 bits per heavy atom. The third-order valence-electron chi connectivity index (χ3n) is 3.24. The average Bonchev–Trinajstić information content (AvgIpc) is 2.39. The maximum Gasteiger partial charge on any atom is 0.163 e. The standard InChI is InChI=1S/C13H18N2O2/c1-10(16)12-4-3-7-14-13(12)15-8-5-11(17-2)6-9-15/h3-4,7,11H,5-6,8-9H2,1-2H3. The lowest BCUT2D eigenvalue weighted by atomic mass is 10.1. The lowest BCUT2D eigenvalue weighted by molar-refractivity contribution is 0.0817. The van der Waals surface area contributed by atoms with Gasteiger partial charge in [0.15, 0.2) is 5.78 Å². The van der Waals surface area contributed by atoms with Crippen LogP contribution < -0.4 is 4.90 Å². The molecular formula is C13H18N2O2. The van der Waals surface area contributed by atoms with Crippen molar-refractivity contribution in [1.82, 2.24) is 4.98 Å². The van der Waals surface area contributed by atoms with Crippen LogP contribution in [0, 0.1) is 0 Å². The van der Waals surface area contributed by atoms with Crippen LogP contribution >= 0.6 is 0 Å². The molecule has 1 aliphatic heterocycles. The Balaban J connectivity index is 2.15. The second-order valence-electron chi connectivity index (χ2n) is 4.35. The minimum atomic E-state index is 0.0713. The summed E-state index contributed by atoms with van der Waals surface area (Å²) < 4.78 is 5.34. The molecule has 1 aliphatic rings. The zero-order valence-corrected chi connectivity index (χ0v) is 10.3. The van der Waals surface area contributed by atoms with Gasteiger partial charge in [-0.05, 0) is 31.9 Å². The van der Waals surface area contributed by atoms with Crippen molar-refractivity contribution >= 4 is 11.6 Å². The van der Waals surface area contributed by atoms with Gasteiger partial charge in [0.25, 0.3) is 0 Å². The number of carbonyl (C=O) groups is 1. The van der Waals surface area contributed by atoms with Crippen LogP contribution in [0.2, 0.25) is 0 Å². The highest BCUT2D eigenvalue weighted by Crippen LogP contribution is 2.22. The van der Waals surface area contributed by atoms with Crippen molar-refractivity contribution in [1.29, 1.82) is 0 Å². The maximum absolute atomic E-state index is 11.5. The van der Waals surface area contributed by atoms with Gasteiger partial charge >= 0.3 is 0 Å². The predicted octanol–water partition coefficient (Wildman–Crippen LogP) is 1.90. The molecule has 0 radical (unpaired) electrons. The van der Waals surface area contributed by atoms with Gasteiger partial charge in [0.1, 0.15) is 5.82 Å². The highest BCUT2D eigenvalue weighted by atomic mass is 16.5. The first-order valence-corrected chi connectivity index (χ1v) is 5.96. The number of piperidine rings is 1. The second-order valence-corrected chi connectivity index (χ2v) is 4.35. The normalized spacial score (nSPS) is 17.2. The fraction of sp³-hybridized carbons (Fsp3) is 0.538. The SMILES string of the molecule is COC1CCN(c2ncccc2C(C)=O)CC1. The minimum Gasteiger partial charge on any atom is -0.381 e. The quantitative estimate of drug-likeness (QED) is 0.749. The summed E-state index contributed by atoms with van der Waals surface area (Å²) in [7, 11) is 1.75. The average molecular weight is 234 g/mol. The molecule has 2 rings (SSSR count). The number of ether oxygens (including phenoxy) is 1. The number of hydrogen-bond acceptors (Lipinski definition) is 4. The molecule has 0 unspecified atom stereocenters. The zero-order chi connectivity index (χ0) is 12.3. The second kappa shape index (κ2) is 5.27. The monoisotopic (exact) mass is 234 g/mol. The van der Waals surface area contributed by atoms with Gasteiger partial charge in [-0.15, -0.1) is 0 Å². The number of methoxy groups -OCH3 is 1. The Kier molecular flexibility index (Phi) is 3.74. The molecule has 1 fully saturated rings. The highest BCUT2D eigenvalue weighted by Gasteiger charge is 2.22. The first-order valence-electron chi connectivity index (χ1n) is 5.96. The molecule has 0 spiro atoms. The van der Waals surface area contributed by atoms with E-state index in [1.165, 1.54) is 0 Å². The Bertz CT molecular complexity index is 398. The molecule has 17 heavy (non-hydrogen) atoms. The topological polar surface area (TPSA) is 42.4 Å². The third-order valence-corrected chi connectivity index (χ3v) is 3.24. The van der Waals surface area contributed by atoms with E-state index < -0.39 is 0 Å². The summed E-state index contributed by atoms with van der Waals surface area (Å²) in [4.78, 5) is 18.0. The van der Waals surface area contributed by atoms with Gasteiger partial charge in [0, 0.05) is 26.4 Å². The molecule has 4 nitrogen and oxygen atoms in total. The van der Waals surface area contributed by atoms with Crippen LogP contribution in [0.1, 0.15) is 30.1 Å². The Morgan fingerprint density at radius 1 is 1.47 bits per heavy atom. The molecule has 1 aromatic heterocycles. The fourth-order valence-corrected chi connectivity index (χ4v) is 2.23. The predicted molar refractivity (Wildman–Crippen MR) is 66.5 cm³/mol. The van der Waals surface area contributed by atoms with Crippen LogP contribution in [0.4, 0.5) is 5.82 Å².